The van der Waals surface area contributed by atoms with Gasteiger partial charge in [-0.05, 0) is 36.1 Å². The van der Waals surface area contributed by atoms with Gasteiger partial charge in [0.2, 0.25) is 5.91 Å². The minimum Gasteiger partial charge on any atom is -0.369 e. The Bertz CT molecular complexity index is 716. The van der Waals surface area contributed by atoms with Crippen LogP contribution in [0, 0.1) is 11.7 Å². The molecule has 0 heterocycles. The van der Waals surface area contributed by atoms with Crippen molar-refractivity contribution in [2.75, 3.05) is 20.1 Å². The number of carbonyl (C=O) groups is 1. The number of primary amides is 1. The van der Waals surface area contributed by atoms with Crippen LogP contribution in [0.3, 0.4) is 0 Å². The van der Waals surface area contributed by atoms with Crippen molar-refractivity contribution >= 4 is 11.9 Å². The van der Waals surface area contributed by atoms with Gasteiger partial charge in [-0.25, -0.2) is 4.39 Å². The second-order valence-corrected chi connectivity index (χ2v) is 6.05. The lowest BCUT2D eigenvalue weighted by molar-refractivity contribution is -0.121. The zero-order chi connectivity index (χ0) is 18.8. The molecule has 1 unspecified atom stereocenters. The van der Waals surface area contributed by atoms with E-state index in [1.165, 1.54) is 17.7 Å². The summed E-state index contributed by atoms with van der Waals surface area (Å²) in [6.07, 6.45) is 1.32. The smallest absolute Gasteiger partial charge is 0.222 e. The van der Waals surface area contributed by atoms with Gasteiger partial charge in [-0.15, -0.1) is 0 Å². The highest BCUT2D eigenvalue weighted by Crippen LogP contribution is 2.09. The van der Waals surface area contributed by atoms with Crippen LogP contribution in [0.4, 0.5) is 4.39 Å². The van der Waals surface area contributed by atoms with E-state index in [0.29, 0.717) is 18.9 Å². The Morgan fingerprint density at radius 1 is 1.08 bits per heavy atom. The van der Waals surface area contributed by atoms with Crippen LogP contribution in [0.1, 0.15) is 11.1 Å². The average molecular weight is 356 g/mol. The Morgan fingerprint density at radius 2 is 1.77 bits per heavy atom. The molecule has 0 aliphatic carbocycles. The van der Waals surface area contributed by atoms with Crippen LogP contribution >= 0.6 is 0 Å². The minimum atomic E-state index is -0.409. The van der Waals surface area contributed by atoms with Gasteiger partial charge in [0.1, 0.15) is 5.82 Å². The maximum absolute atomic E-state index is 13.0. The van der Waals surface area contributed by atoms with Crippen LogP contribution in [0.25, 0.3) is 0 Å². The number of nitrogens with two attached hydrogens (primary N) is 1. The summed E-state index contributed by atoms with van der Waals surface area (Å²) in [6.45, 7) is 1.08. The van der Waals surface area contributed by atoms with Gasteiger partial charge in [0.05, 0.1) is 5.92 Å². The van der Waals surface area contributed by atoms with E-state index in [4.69, 9.17) is 5.73 Å². The zero-order valence-electron chi connectivity index (χ0n) is 14.9. The van der Waals surface area contributed by atoms with Crippen molar-refractivity contribution in [2.45, 2.75) is 12.8 Å². The lowest BCUT2D eigenvalue weighted by atomic mass is 9.98. The molecular formula is C20H25FN4O. The van der Waals surface area contributed by atoms with Crippen LogP contribution in [0.15, 0.2) is 59.6 Å². The molecule has 5 nitrogen and oxygen atoms in total. The van der Waals surface area contributed by atoms with Gasteiger partial charge >= 0.3 is 0 Å². The molecule has 1 amide bonds. The highest BCUT2D eigenvalue weighted by atomic mass is 19.1. The third-order valence-corrected chi connectivity index (χ3v) is 4.09. The molecule has 1 atom stereocenters. The fourth-order valence-corrected chi connectivity index (χ4v) is 2.59. The second kappa shape index (κ2) is 10.2. The summed E-state index contributed by atoms with van der Waals surface area (Å²) in [7, 11) is 1.68. The van der Waals surface area contributed by atoms with E-state index >= 15 is 0 Å². The number of hydrogen-bond acceptors (Lipinski definition) is 2. The summed E-state index contributed by atoms with van der Waals surface area (Å²) in [5, 5.41) is 6.35. The van der Waals surface area contributed by atoms with Gasteiger partial charge < -0.3 is 16.4 Å². The van der Waals surface area contributed by atoms with E-state index in [-0.39, 0.29) is 5.82 Å². The van der Waals surface area contributed by atoms with Crippen molar-refractivity contribution in [3.63, 3.8) is 0 Å². The Kier molecular flexibility index (Phi) is 7.61. The number of nitrogens with zero attached hydrogens (tertiary/aromatic N) is 1. The predicted octanol–water partition coefficient (Wildman–Crippen LogP) is 1.88. The highest BCUT2D eigenvalue weighted by Gasteiger charge is 2.16. The molecule has 0 aliphatic heterocycles. The number of amides is 1. The molecule has 0 saturated heterocycles. The number of rotatable bonds is 8. The number of hydrogen-bond donors (Lipinski definition) is 3. The third-order valence-electron chi connectivity index (χ3n) is 4.09. The Labute approximate surface area is 153 Å². The molecule has 2 rings (SSSR count). The van der Waals surface area contributed by atoms with Gasteiger partial charge in [0, 0.05) is 20.1 Å². The molecule has 0 bridgehead atoms. The van der Waals surface area contributed by atoms with E-state index in [1.54, 1.807) is 19.2 Å². The molecule has 0 aromatic heterocycles. The van der Waals surface area contributed by atoms with Gasteiger partial charge in [-0.1, -0.05) is 42.5 Å². The molecule has 0 fully saturated rings. The predicted molar refractivity (Wildman–Crippen MR) is 102 cm³/mol. The normalized spacial score (nSPS) is 12.5. The van der Waals surface area contributed by atoms with Crippen molar-refractivity contribution in [3.8, 4) is 0 Å². The lowest BCUT2D eigenvalue weighted by Crippen LogP contribution is -2.43. The molecule has 0 radical (unpaired) electrons. The monoisotopic (exact) mass is 356 g/mol. The van der Waals surface area contributed by atoms with Gasteiger partial charge in [-0.3, -0.25) is 9.79 Å². The summed E-state index contributed by atoms with van der Waals surface area (Å²) in [4.78, 5) is 15.9. The molecule has 2 aromatic carbocycles. The highest BCUT2D eigenvalue weighted by molar-refractivity contribution is 5.81. The Hall–Kier alpha value is -2.89. The summed E-state index contributed by atoms with van der Waals surface area (Å²) < 4.78 is 13.0. The van der Waals surface area contributed by atoms with Gasteiger partial charge in [0.25, 0.3) is 0 Å². The van der Waals surface area contributed by atoms with Crippen molar-refractivity contribution < 1.29 is 9.18 Å². The third kappa shape index (κ3) is 6.55. The number of benzene rings is 2. The first-order chi connectivity index (χ1) is 12.6. The van der Waals surface area contributed by atoms with Gasteiger partial charge in [0.15, 0.2) is 5.96 Å². The molecule has 0 saturated carbocycles. The summed E-state index contributed by atoms with van der Waals surface area (Å²) in [6, 6.07) is 16.2. The summed E-state index contributed by atoms with van der Waals surface area (Å²) in [5.41, 5.74) is 7.61. The Morgan fingerprint density at radius 3 is 2.38 bits per heavy atom. The SMILES string of the molecule is CN=C(NCCc1ccccc1)NCC(Cc1ccc(F)cc1)C(N)=O. The molecule has 4 N–H and O–H groups in total. The number of carbonyl (C=O) groups excluding carboxylic acids is 1. The molecular weight excluding hydrogens is 331 g/mol. The summed E-state index contributed by atoms with van der Waals surface area (Å²) in [5.74, 6) is -0.494. The second-order valence-electron chi connectivity index (χ2n) is 6.05. The summed E-state index contributed by atoms with van der Waals surface area (Å²) >= 11 is 0. The minimum absolute atomic E-state index is 0.300. The van der Waals surface area contributed by atoms with E-state index < -0.39 is 11.8 Å². The molecule has 138 valence electrons. The Balaban J connectivity index is 1.81. The van der Waals surface area contributed by atoms with E-state index in [9.17, 15) is 9.18 Å². The van der Waals surface area contributed by atoms with Crippen LogP contribution < -0.4 is 16.4 Å². The first-order valence-electron chi connectivity index (χ1n) is 8.60. The zero-order valence-corrected chi connectivity index (χ0v) is 14.9. The number of guanidine groups is 1. The van der Waals surface area contributed by atoms with E-state index in [1.807, 2.05) is 18.2 Å². The van der Waals surface area contributed by atoms with Crippen molar-refractivity contribution in [2.24, 2.45) is 16.6 Å². The fourth-order valence-electron chi connectivity index (χ4n) is 2.59. The molecule has 6 heteroatoms. The first kappa shape index (κ1) is 19.4. The number of halogens is 1. The van der Waals surface area contributed by atoms with E-state index in [0.717, 1.165) is 18.5 Å². The largest absolute Gasteiger partial charge is 0.369 e. The quantitative estimate of drug-likeness (QED) is 0.499. The van der Waals surface area contributed by atoms with Crippen molar-refractivity contribution in [1.82, 2.24) is 10.6 Å². The number of nitrogens with one attached hydrogen (secondary N) is 2. The van der Waals surface area contributed by atoms with Crippen molar-refractivity contribution in [3.05, 3.63) is 71.5 Å². The molecule has 0 spiro atoms. The van der Waals surface area contributed by atoms with Crippen LogP contribution in [0.2, 0.25) is 0 Å². The van der Waals surface area contributed by atoms with Crippen LogP contribution in [-0.2, 0) is 17.6 Å². The first-order valence-corrected chi connectivity index (χ1v) is 8.60. The number of aliphatic imine (C=N–C) groups is 1. The van der Waals surface area contributed by atoms with E-state index in [2.05, 4.69) is 27.8 Å². The molecule has 2 aromatic rings. The fraction of sp³-hybridized carbons (Fsp3) is 0.300. The average Bonchev–Trinajstić information content (AvgIpc) is 2.65. The lowest BCUT2D eigenvalue weighted by Gasteiger charge is -2.17. The molecule has 0 aliphatic rings. The standard InChI is InChI=1S/C20H25FN4O/c1-23-20(24-12-11-15-5-3-2-4-6-15)25-14-17(19(22)26)13-16-7-9-18(21)10-8-16/h2-10,17H,11-14H2,1H3,(H2,22,26)(H2,23,24,25). The van der Waals surface area contributed by atoms with Gasteiger partial charge in [-0.2, -0.15) is 0 Å². The molecule has 26 heavy (non-hydrogen) atoms. The van der Waals surface area contributed by atoms with Crippen LogP contribution in [0.5, 0.6) is 0 Å². The maximum atomic E-state index is 13.0. The maximum Gasteiger partial charge on any atom is 0.222 e. The van der Waals surface area contributed by atoms with Crippen molar-refractivity contribution in [1.29, 1.82) is 0 Å². The van der Waals surface area contributed by atoms with Crippen LogP contribution in [-0.4, -0.2) is 32.0 Å². The topological polar surface area (TPSA) is 79.5 Å².